The maximum Gasteiger partial charge on any atom is 0.319 e. The minimum atomic E-state index is -0.176. The predicted molar refractivity (Wildman–Crippen MR) is 111 cm³/mol. The lowest BCUT2D eigenvalue weighted by Crippen LogP contribution is -2.37. The molecule has 0 radical (unpaired) electrons. The quantitative estimate of drug-likeness (QED) is 0.711. The maximum atomic E-state index is 12.8. The van der Waals surface area contributed by atoms with E-state index in [-0.39, 0.29) is 12.1 Å². The molecule has 3 aromatic carbocycles. The molecule has 0 bridgehead atoms. The summed E-state index contributed by atoms with van der Waals surface area (Å²) in [5, 5.41) is 8.64. The molecule has 27 heavy (non-hydrogen) atoms. The number of amides is 2. The molecule has 4 rings (SSSR count). The van der Waals surface area contributed by atoms with Crippen LogP contribution in [-0.2, 0) is 12.8 Å². The molecule has 0 fully saturated rings. The molecule has 0 aromatic heterocycles. The first kappa shape index (κ1) is 17.6. The third-order valence-corrected chi connectivity index (χ3v) is 5.18. The second kappa shape index (κ2) is 7.41. The molecule has 4 nitrogen and oxygen atoms in total. The van der Waals surface area contributed by atoms with Gasteiger partial charge in [-0.2, -0.15) is 0 Å². The van der Waals surface area contributed by atoms with Gasteiger partial charge in [-0.3, -0.25) is 0 Å². The topological polar surface area (TPSA) is 44.4 Å². The highest BCUT2D eigenvalue weighted by atomic mass is 16.2. The molecule has 2 amide bonds. The van der Waals surface area contributed by atoms with Crippen LogP contribution < -0.4 is 10.6 Å². The number of rotatable bonds is 5. The standard InChI is InChI=1S/C23H25N3O/c1-26(2)15-21(16-7-4-3-5-8-16)25-23(27)24-20-14-13-18-12-11-17-9-6-10-19(20)22(17)18/h3-10,13-14,21H,11-12,15H2,1-2H3,(H2,24,25,27). The fourth-order valence-corrected chi connectivity index (χ4v) is 3.96. The summed E-state index contributed by atoms with van der Waals surface area (Å²) in [4.78, 5) is 14.8. The van der Waals surface area contributed by atoms with Gasteiger partial charge in [-0.05, 0) is 55.1 Å². The predicted octanol–water partition coefficient (Wildman–Crippen LogP) is 4.36. The van der Waals surface area contributed by atoms with Gasteiger partial charge in [0.2, 0.25) is 0 Å². The van der Waals surface area contributed by atoms with E-state index in [9.17, 15) is 4.79 Å². The minimum Gasteiger partial charge on any atom is -0.330 e. The van der Waals surface area contributed by atoms with Gasteiger partial charge in [-0.15, -0.1) is 0 Å². The van der Waals surface area contributed by atoms with Crippen LogP contribution in [-0.4, -0.2) is 31.6 Å². The number of anilines is 1. The van der Waals surface area contributed by atoms with Crippen molar-refractivity contribution in [2.45, 2.75) is 18.9 Å². The highest BCUT2D eigenvalue weighted by molar-refractivity contribution is 6.04. The average Bonchev–Trinajstić information content (AvgIpc) is 3.09. The highest BCUT2D eigenvalue weighted by Gasteiger charge is 2.19. The van der Waals surface area contributed by atoms with Crippen molar-refractivity contribution in [3.63, 3.8) is 0 Å². The van der Waals surface area contributed by atoms with Crippen LogP contribution in [0.1, 0.15) is 22.7 Å². The molecule has 2 N–H and O–H groups in total. The van der Waals surface area contributed by atoms with E-state index in [1.54, 1.807) is 0 Å². The highest BCUT2D eigenvalue weighted by Crippen LogP contribution is 2.35. The Morgan fingerprint density at radius 2 is 1.70 bits per heavy atom. The molecular formula is C23H25N3O. The molecule has 1 aliphatic rings. The number of hydrogen-bond acceptors (Lipinski definition) is 2. The van der Waals surface area contributed by atoms with E-state index >= 15 is 0 Å². The van der Waals surface area contributed by atoms with Crippen molar-refractivity contribution in [1.82, 2.24) is 10.2 Å². The SMILES string of the molecule is CN(C)CC(NC(=O)Nc1ccc2c3c(cccc13)CC2)c1ccccc1. The lowest BCUT2D eigenvalue weighted by Gasteiger charge is -2.23. The van der Waals surface area contributed by atoms with Crippen molar-refractivity contribution in [3.05, 3.63) is 77.4 Å². The van der Waals surface area contributed by atoms with Crippen molar-refractivity contribution >= 4 is 22.5 Å². The summed E-state index contributed by atoms with van der Waals surface area (Å²) in [5.41, 5.74) is 4.72. The van der Waals surface area contributed by atoms with Gasteiger partial charge < -0.3 is 15.5 Å². The number of nitrogens with one attached hydrogen (secondary N) is 2. The number of hydrogen-bond donors (Lipinski definition) is 2. The van der Waals surface area contributed by atoms with Crippen molar-refractivity contribution in [1.29, 1.82) is 0 Å². The molecule has 3 aromatic rings. The van der Waals surface area contributed by atoms with Gasteiger partial charge in [0.15, 0.2) is 0 Å². The smallest absolute Gasteiger partial charge is 0.319 e. The molecule has 138 valence electrons. The van der Waals surface area contributed by atoms with Crippen LogP contribution in [0.2, 0.25) is 0 Å². The normalized spacial score (nSPS) is 13.7. The Bertz CT molecular complexity index is 956. The Morgan fingerprint density at radius 1 is 0.963 bits per heavy atom. The number of nitrogens with zero attached hydrogens (tertiary/aromatic N) is 1. The van der Waals surface area contributed by atoms with Crippen molar-refractivity contribution < 1.29 is 4.79 Å². The Hall–Kier alpha value is -2.85. The van der Waals surface area contributed by atoms with Gasteiger partial charge in [0.05, 0.1) is 11.7 Å². The molecule has 1 unspecified atom stereocenters. The number of benzene rings is 3. The van der Waals surface area contributed by atoms with Gasteiger partial charge >= 0.3 is 6.03 Å². The summed E-state index contributed by atoms with van der Waals surface area (Å²) >= 11 is 0. The van der Waals surface area contributed by atoms with E-state index in [0.717, 1.165) is 36.0 Å². The Balaban J connectivity index is 1.56. The van der Waals surface area contributed by atoms with Crippen LogP contribution in [0.3, 0.4) is 0 Å². The Kier molecular flexibility index (Phi) is 4.82. The van der Waals surface area contributed by atoms with Crippen LogP contribution >= 0.6 is 0 Å². The van der Waals surface area contributed by atoms with E-state index in [4.69, 9.17) is 0 Å². The van der Waals surface area contributed by atoms with E-state index in [1.807, 2.05) is 50.5 Å². The minimum absolute atomic E-state index is 0.0713. The third-order valence-electron chi connectivity index (χ3n) is 5.18. The first-order valence-electron chi connectivity index (χ1n) is 9.42. The second-order valence-electron chi connectivity index (χ2n) is 7.44. The van der Waals surface area contributed by atoms with Crippen molar-refractivity contribution in [2.24, 2.45) is 0 Å². The summed E-state index contributed by atoms with van der Waals surface area (Å²) < 4.78 is 0. The van der Waals surface area contributed by atoms with Crippen LogP contribution in [0.15, 0.2) is 60.7 Å². The number of urea groups is 1. The van der Waals surface area contributed by atoms with Crippen LogP contribution in [0.25, 0.3) is 10.8 Å². The van der Waals surface area contributed by atoms with E-state index in [0.29, 0.717) is 0 Å². The summed E-state index contributed by atoms with van der Waals surface area (Å²) in [6.07, 6.45) is 2.17. The van der Waals surface area contributed by atoms with Gasteiger partial charge in [0.25, 0.3) is 0 Å². The van der Waals surface area contributed by atoms with Gasteiger partial charge in [-0.25, -0.2) is 4.79 Å². The average molecular weight is 359 g/mol. The largest absolute Gasteiger partial charge is 0.330 e. The van der Waals surface area contributed by atoms with E-state index < -0.39 is 0 Å². The number of carbonyl (C=O) groups is 1. The third kappa shape index (κ3) is 3.67. The number of carbonyl (C=O) groups excluding carboxylic acids is 1. The molecule has 1 aliphatic carbocycles. The molecule has 4 heteroatoms. The molecule has 0 saturated heterocycles. The van der Waals surface area contributed by atoms with Crippen molar-refractivity contribution in [2.75, 3.05) is 26.0 Å². The van der Waals surface area contributed by atoms with Gasteiger partial charge in [0, 0.05) is 11.9 Å². The summed E-state index contributed by atoms with van der Waals surface area (Å²) in [6.45, 7) is 0.737. The summed E-state index contributed by atoms with van der Waals surface area (Å²) in [5.74, 6) is 0. The zero-order chi connectivity index (χ0) is 18.8. The second-order valence-corrected chi connectivity index (χ2v) is 7.44. The molecule has 1 atom stereocenters. The Labute approximate surface area is 160 Å². The van der Waals surface area contributed by atoms with Crippen LogP contribution in [0.4, 0.5) is 10.5 Å². The summed E-state index contributed by atoms with van der Waals surface area (Å²) in [6, 6.07) is 20.4. The van der Waals surface area contributed by atoms with Crippen molar-refractivity contribution in [3.8, 4) is 0 Å². The zero-order valence-electron chi connectivity index (χ0n) is 15.8. The van der Waals surface area contributed by atoms with Gasteiger partial charge in [0.1, 0.15) is 0 Å². The number of likely N-dealkylation sites (N-methyl/N-ethyl adjacent to an activating group) is 1. The molecule has 0 spiro atoms. The molecule has 0 heterocycles. The first-order chi connectivity index (χ1) is 13.1. The maximum absolute atomic E-state index is 12.8. The molecular weight excluding hydrogens is 334 g/mol. The van der Waals surface area contributed by atoms with E-state index in [1.165, 1.54) is 16.5 Å². The Morgan fingerprint density at radius 3 is 2.44 bits per heavy atom. The summed E-state index contributed by atoms with van der Waals surface area (Å²) in [7, 11) is 4.03. The fraction of sp³-hybridized carbons (Fsp3) is 0.261. The zero-order valence-corrected chi connectivity index (χ0v) is 15.8. The fourth-order valence-electron chi connectivity index (χ4n) is 3.96. The monoisotopic (exact) mass is 359 g/mol. The van der Waals surface area contributed by atoms with Gasteiger partial charge in [-0.1, -0.05) is 54.6 Å². The lowest BCUT2D eigenvalue weighted by molar-refractivity contribution is 0.244. The molecule has 0 saturated carbocycles. The molecule has 0 aliphatic heterocycles. The van der Waals surface area contributed by atoms with Crippen LogP contribution in [0.5, 0.6) is 0 Å². The van der Waals surface area contributed by atoms with Crippen LogP contribution in [0, 0.1) is 0 Å². The number of aryl methyl sites for hydroxylation is 2. The first-order valence-corrected chi connectivity index (χ1v) is 9.42. The van der Waals surface area contributed by atoms with E-state index in [2.05, 4.69) is 39.8 Å². The lowest BCUT2D eigenvalue weighted by atomic mass is 10.0.